The molecule has 1 aliphatic carbocycles. The first kappa shape index (κ1) is 15.6. The van der Waals surface area contributed by atoms with E-state index in [1.54, 1.807) is 0 Å². The molecule has 0 heterocycles. The Morgan fingerprint density at radius 3 is 2.15 bits per heavy atom. The summed E-state index contributed by atoms with van der Waals surface area (Å²) < 4.78 is 0. The van der Waals surface area contributed by atoms with E-state index in [0.717, 1.165) is 25.7 Å². The van der Waals surface area contributed by atoms with Crippen molar-refractivity contribution < 1.29 is 5.11 Å². The number of hydrogen-bond acceptors (Lipinski definition) is 1. The number of hydrogen-bond donors (Lipinski definition) is 1. The maximum atomic E-state index is 11.1. The second-order valence-electron chi connectivity index (χ2n) is 7.93. The second-order valence-corrected chi connectivity index (χ2v) is 7.93. The molecule has 0 saturated heterocycles. The summed E-state index contributed by atoms with van der Waals surface area (Å²) >= 11 is 0. The predicted molar refractivity (Wildman–Crippen MR) is 86.1 cm³/mol. The van der Waals surface area contributed by atoms with Gasteiger partial charge in [-0.25, -0.2) is 0 Å². The van der Waals surface area contributed by atoms with Gasteiger partial charge in [0.25, 0.3) is 0 Å². The topological polar surface area (TPSA) is 20.2 Å². The molecule has 0 aromatic heterocycles. The van der Waals surface area contributed by atoms with Gasteiger partial charge < -0.3 is 5.11 Å². The van der Waals surface area contributed by atoms with Crippen LogP contribution >= 0.6 is 0 Å². The summed E-state index contributed by atoms with van der Waals surface area (Å²) in [6.45, 7) is 13.4. The maximum absolute atomic E-state index is 11.1. The second kappa shape index (κ2) is 5.18. The molecule has 0 radical (unpaired) electrons. The lowest BCUT2D eigenvalue weighted by molar-refractivity contribution is -0.0705. The molecule has 1 heteroatoms. The van der Waals surface area contributed by atoms with Gasteiger partial charge >= 0.3 is 0 Å². The van der Waals surface area contributed by atoms with Crippen LogP contribution in [0.15, 0.2) is 12.1 Å². The molecule has 112 valence electrons. The lowest BCUT2D eigenvalue weighted by atomic mass is 9.63. The van der Waals surface area contributed by atoms with Crippen molar-refractivity contribution in [2.45, 2.75) is 72.8 Å². The van der Waals surface area contributed by atoms with Gasteiger partial charge in [-0.2, -0.15) is 0 Å². The standard InChI is InChI=1S/C19H30O/c1-13-9-14(2)17(15(3)10-13)12-19(20)8-7-18(5,6)11-16(19)4/h9-10,16,20H,7-8,11-12H2,1-6H3. The summed E-state index contributed by atoms with van der Waals surface area (Å²) in [6.07, 6.45) is 3.97. The third kappa shape index (κ3) is 3.09. The molecule has 0 amide bonds. The van der Waals surface area contributed by atoms with Crippen molar-refractivity contribution in [2.75, 3.05) is 0 Å². The van der Waals surface area contributed by atoms with Gasteiger partial charge in [-0.05, 0) is 68.1 Å². The van der Waals surface area contributed by atoms with Gasteiger partial charge in [-0.3, -0.25) is 0 Å². The Bertz CT molecular complexity index is 477. The smallest absolute Gasteiger partial charge is 0.0713 e. The van der Waals surface area contributed by atoms with E-state index < -0.39 is 5.60 Å². The Hall–Kier alpha value is -0.820. The average molecular weight is 274 g/mol. The first-order chi connectivity index (χ1) is 9.13. The van der Waals surface area contributed by atoms with Gasteiger partial charge in [-0.1, -0.05) is 38.5 Å². The Morgan fingerprint density at radius 1 is 1.10 bits per heavy atom. The van der Waals surface area contributed by atoms with E-state index in [2.05, 4.69) is 53.7 Å². The van der Waals surface area contributed by atoms with Gasteiger partial charge in [0.05, 0.1) is 5.60 Å². The lowest BCUT2D eigenvalue weighted by Crippen LogP contribution is -2.45. The van der Waals surface area contributed by atoms with E-state index in [0.29, 0.717) is 11.3 Å². The van der Waals surface area contributed by atoms with Gasteiger partial charge in [0.1, 0.15) is 0 Å². The lowest BCUT2D eigenvalue weighted by Gasteiger charge is -2.45. The number of rotatable bonds is 2. The van der Waals surface area contributed by atoms with Crippen LogP contribution in [0, 0.1) is 32.1 Å². The molecule has 2 atom stereocenters. The van der Waals surface area contributed by atoms with Crippen molar-refractivity contribution >= 4 is 0 Å². The van der Waals surface area contributed by atoms with E-state index >= 15 is 0 Å². The molecule has 1 aromatic carbocycles. The Morgan fingerprint density at radius 2 is 1.65 bits per heavy atom. The molecular weight excluding hydrogens is 244 g/mol. The third-order valence-corrected chi connectivity index (χ3v) is 5.33. The zero-order valence-electron chi connectivity index (χ0n) is 14.0. The highest BCUT2D eigenvalue weighted by molar-refractivity contribution is 5.38. The fourth-order valence-corrected chi connectivity index (χ4v) is 3.98. The fourth-order valence-electron chi connectivity index (χ4n) is 3.98. The van der Waals surface area contributed by atoms with Crippen LogP contribution in [0.4, 0.5) is 0 Å². The predicted octanol–water partition coefficient (Wildman–Crippen LogP) is 4.73. The number of aliphatic hydroxyl groups is 1. The van der Waals surface area contributed by atoms with Crippen molar-refractivity contribution in [3.63, 3.8) is 0 Å². The van der Waals surface area contributed by atoms with Crippen molar-refractivity contribution in [3.8, 4) is 0 Å². The van der Waals surface area contributed by atoms with Crippen LogP contribution in [0.25, 0.3) is 0 Å². The van der Waals surface area contributed by atoms with E-state index in [9.17, 15) is 5.11 Å². The van der Waals surface area contributed by atoms with Gasteiger partial charge in [0, 0.05) is 6.42 Å². The van der Waals surface area contributed by atoms with E-state index in [4.69, 9.17) is 0 Å². The summed E-state index contributed by atoms with van der Waals surface area (Å²) in [7, 11) is 0. The summed E-state index contributed by atoms with van der Waals surface area (Å²) in [5.41, 5.74) is 5.17. The van der Waals surface area contributed by atoms with Gasteiger partial charge in [-0.15, -0.1) is 0 Å². The summed E-state index contributed by atoms with van der Waals surface area (Å²) in [5, 5.41) is 11.1. The molecule has 1 fully saturated rings. The van der Waals surface area contributed by atoms with Crippen LogP contribution in [0.2, 0.25) is 0 Å². The summed E-state index contributed by atoms with van der Waals surface area (Å²) in [4.78, 5) is 0. The van der Waals surface area contributed by atoms with E-state index in [1.807, 2.05) is 0 Å². The van der Waals surface area contributed by atoms with E-state index in [1.165, 1.54) is 22.3 Å². The molecular formula is C19H30O. The monoisotopic (exact) mass is 274 g/mol. The third-order valence-electron chi connectivity index (χ3n) is 5.33. The molecule has 2 rings (SSSR count). The first-order valence-electron chi connectivity index (χ1n) is 7.92. The first-order valence-corrected chi connectivity index (χ1v) is 7.92. The fraction of sp³-hybridized carbons (Fsp3) is 0.684. The average Bonchev–Trinajstić information content (AvgIpc) is 2.29. The maximum Gasteiger partial charge on any atom is 0.0713 e. The SMILES string of the molecule is Cc1cc(C)c(CC2(O)CCC(C)(C)CC2C)c(C)c1. The molecule has 2 unspecified atom stereocenters. The highest BCUT2D eigenvalue weighted by Crippen LogP contribution is 2.45. The Kier molecular flexibility index (Phi) is 4.03. The molecule has 0 spiro atoms. The van der Waals surface area contributed by atoms with E-state index in [-0.39, 0.29) is 0 Å². The molecule has 0 bridgehead atoms. The van der Waals surface area contributed by atoms with Gasteiger partial charge in [0.15, 0.2) is 0 Å². The molecule has 1 nitrogen and oxygen atoms in total. The normalized spacial score (nSPS) is 29.4. The van der Waals surface area contributed by atoms with Crippen molar-refractivity contribution in [3.05, 3.63) is 34.4 Å². The number of benzene rings is 1. The van der Waals surface area contributed by atoms with Crippen LogP contribution in [-0.4, -0.2) is 10.7 Å². The largest absolute Gasteiger partial charge is 0.389 e. The molecule has 1 aliphatic rings. The quantitative estimate of drug-likeness (QED) is 0.826. The molecule has 0 aliphatic heterocycles. The minimum atomic E-state index is -0.527. The molecule has 1 saturated carbocycles. The van der Waals surface area contributed by atoms with Crippen LogP contribution < -0.4 is 0 Å². The zero-order valence-corrected chi connectivity index (χ0v) is 14.0. The highest BCUT2D eigenvalue weighted by atomic mass is 16.3. The van der Waals surface area contributed by atoms with Crippen molar-refractivity contribution in [1.29, 1.82) is 0 Å². The van der Waals surface area contributed by atoms with Gasteiger partial charge in [0.2, 0.25) is 0 Å². The molecule has 20 heavy (non-hydrogen) atoms. The molecule has 1 aromatic rings. The molecule has 1 N–H and O–H groups in total. The number of aryl methyl sites for hydroxylation is 3. The summed E-state index contributed by atoms with van der Waals surface area (Å²) in [5.74, 6) is 0.367. The Balaban J connectivity index is 2.26. The minimum Gasteiger partial charge on any atom is -0.389 e. The highest BCUT2D eigenvalue weighted by Gasteiger charge is 2.42. The van der Waals surface area contributed by atoms with Crippen molar-refractivity contribution in [2.24, 2.45) is 11.3 Å². The van der Waals surface area contributed by atoms with Crippen molar-refractivity contribution in [1.82, 2.24) is 0 Å². The zero-order chi connectivity index (χ0) is 15.1. The van der Waals surface area contributed by atoms with Crippen LogP contribution in [0.1, 0.15) is 62.3 Å². The minimum absolute atomic E-state index is 0.367. The summed E-state index contributed by atoms with van der Waals surface area (Å²) in [6, 6.07) is 4.48. The van der Waals surface area contributed by atoms with Crippen LogP contribution in [-0.2, 0) is 6.42 Å². The Labute approximate surface area is 124 Å². The van der Waals surface area contributed by atoms with Crippen LogP contribution in [0.3, 0.4) is 0 Å². The van der Waals surface area contributed by atoms with Crippen LogP contribution in [0.5, 0.6) is 0 Å².